The number of piperazine rings is 1. The van der Waals surface area contributed by atoms with Crippen LogP contribution >= 0.6 is 11.3 Å². The van der Waals surface area contributed by atoms with Gasteiger partial charge in [0.25, 0.3) is 5.56 Å². The summed E-state index contributed by atoms with van der Waals surface area (Å²) in [5, 5.41) is 5.48. The first-order chi connectivity index (χ1) is 13.7. The number of aromatic nitrogens is 3. The van der Waals surface area contributed by atoms with Gasteiger partial charge in [-0.25, -0.2) is 4.98 Å². The van der Waals surface area contributed by atoms with E-state index in [9.17, 15) is 4.79 Å². The monoisotopic (exact) mass is 397 g/mol. The van der Waals surface area contributed by atoms with Crippen LogP contribution in [0.15, 0.2) is 41.2 Å². The summed E-state index contributed by atoms with van der Waals surface area (Å²) in [6, 6.07) is 12.7. The summed E-state index contributed by atoms with van der Waals surface area (Å²) >= 11 is 1.52. The molecule has 148 valence electrons. The van der Waals surface area contributed by atoms with E-state index in [1.807, 2.05) is 0 Å². The van der Waals surface area contributed by atoms with E-state index in [2.05, 4.69) is 64.1 Å². The minimum absolute atomic E-state index is 0.0781. The third-order valence-corrected chi connectivity index (χ3v) is 6.34. The van der Waals surface area contributed by atoms with Crippen LogP contribution in [0.2, 0.25) is 0 Å². The lowest BCUT2D eigenvalue weighted by Crippen LogP contribution is -2.52. The number of nitrogens with zero attached hydrogens (tertiary/aromatic N) is 5. The first-order valence-corrected chi connectivity index (χ1v) is 10.9. The van der Waals surface area contributed by atoms with Gasteiger partial charge in [-0.3, -0.25) is 9.69 Å². The molecule has 3 heterocycles. The normalized spacial score (nSPS) is 18.1. The Morgan fingerprint density at radius 2 is 2.00 bits per heavy atom. The maximum absolute atomic E-state index is 12.4. The molecule has 0 radical (unpaired) electrons. The van der Waals surface area contributed by atoms with Crippen LogP contribution in [0.25, 0.3) is 4.96 Å². The van der Waals surface area contributed by atoms with E-state index >= 15 is 0 Å². The van der Waals surface area contributed by atoms with Crippen molar-refractivity contribution < 1.29 is 0 Å². The second-order valence-corrected chi connectivity index (χ2v) is 8.31. The molecular formula is C21H27N5OS. The number of rotatable bonds is 6. The molecule has 0 N–H and O–H groups in total. The number of hydrogen-bond donors (Lipinski definition) is 0. The predicted octanol–water partition coefficient (Wildman–Crippen LogP) is 3.20. The minimum Gasteiger partial charge on any atom is -0.344 e. The van der Waals surface area contributed by atoms with Crippen molar-refractivity contribution in [2.24, 2.45) is 0 Å². The predicted molar refractivity (Wildman–Crippen MR) is 114 cm³/mol. The summed E-state index contributed by atoms with van der Waals surface area (Å²) < 4.78 is 1.45. The van der Waals surface area contributed by atoms with E-state index < -0.39 is 0 Å². The van der Waals surface area contributed by atoms with Crippen LogP contribution in [-0.2, 0) is 13.0 Å². The number of fused-ring (bicyclic) bond motifs is 1. The van der Waals surface area contributed by atoms with Gasteiger partial charge in [0.2, 0.25) is 10.1 Å². The molecule has 1 fully saturated rings. The first-order valence-electron chi connectivity index (χ1n) is 10.1. The molecule has 4 rings (SSSR count). The number of anilines is 1. The second kappa shape index (κ2) is 8.41. The SMILES string of the molecule is CCCc1cc(=O)n2nc(N3CCN(Cc4ccccc4)C(CC)C3)sc2n1. The molecule has 1 atom stereocenters. The van der Waals surface area contributed by atoms with E-state index in [1.165, 1.54) is 21.4 Å². The molecule has 0 amide bonds. The summed E-state index contributed by atoms with van der Waals surface area (Å²) in [6.45, 7) is 8.16. The summed E-state index contributed by atoms with van der Waals surface area (Å²) in [5.41, 5.74) is 2.14. The fraction of sp³-hybridized carbons (Fsp3) is 0.476. The molecule has 3 aromatic rings. The Labute approximate surface area is 169 Å². The lowest BCUT2D eigenvalue weighted by atomic mass is 10.1. The Balaban J connectivity index is 1.52. The van der Waals surface area contributed by atoms with Gasteiger partial charge in [0, 0.05) is 44.0 Å². The van der Waals surface area contributed by atoms with Gasteiger partial charge in [-0.2, -0.15) is 4.52 Å². The zero-order chi connectivity index (χ0) is 19.5. The fourth-order valence-electron chi connectivity index (χ4n) is 3.84. The Morgan fingerprint density at radius 3 is 2.75 bits per heavy atom. The van der Waals surface area contributed by atoms with Gasteiger partial charge in [0.1, 0.15) is 0 Å². The van der Waals surface area contributed by atoms with Crippen molar-refractivity contribution in [1.29, 1.82) is 0 Å². The molecule has 6 nitrogen and oxygen atoms in total. The average molecular weight is 398 g/mol. The average Bonchev–Trinajstić information content (AvgIpc) is 3.14. The zero-order valence-electron chi connectivity index (χ0n) is 16.5. The van der Waals surface area contributed by atoms with Crippen LogP contribution in [0, 0.1) is 0 Å². The molecule has 1 aromatic carbocycles. The molecule has 0 aliphatic carbocycles. The third-order valence-electron chi connectivity index (χ3n) is 5.37. The molecule has 28 heavy (non-hydrogen) atoms. The molecule has 1 aliphatic heterocycles. The summed E-state index contributed by atoms with van der Waals surface area (Å²) in [4.78, 5) is 22.6. The Bertz CT molecular complexity index is 983. The number of aryl methyl sites for hydroxylation is 1. The van der Waals surface area contributed by atoms with Crippen molar-refractivity contribution in [3.63, 3.8) is 0 Å². The van der Waals surface area contributed by atoms with Crippen molar-refractivity contribution in [3.8, 4) is 0 Å². The largest absolute Gasteiger partial charge is 0.344 e. The van der Waals surface area contributed by atoms with Gasteiger partial charge in [0.05, 0.1) is 0 Å². The van der Waals surface area contributed by atoms with Gasteiger partial charge in [-0.05, 0) is 18.4 Å². The summed E-state index contributed by atoms with van der Waals surface area (Å²) in [7, 11) is 0. The van der Waals surface area contributed by atoms with E-state index in [-0.39, 0.29) is 5.56 Å². The van der Waals surface area contributed by atoms with Crippen LogP contribution in [0.4, 0.5) is 5.13 Å². The Kier molecular flexibility index (Phi) is 5.73. The first kappa shape index (κ1) is 19.1. The molecular weight excluding hydrogens is 370 g/mol. The number of benzene rings is 1. The topological polar surface area (TPSA) is 53.7 Å². The molecule has 0 bridgehead atoms. The molecule has 0 spiro atoms. The van der Waals surface area contributed by atoms with Crippen LogP contribution in [0.3, 0.4) is 0 Å². The second-order valence-electron chi connectivity index (χ2n) is 7.38. The van der Waals surface area contributed by atoms with E-state index in [0.29, 0.717) is 11.0 Å². The van der Waals surface area contributed by atoms with Crippen LogP contribution in [-0.4, -0.2) is 45.2 Å². The van der Waals surface area contributed by atoms with Crippen LogP contribution in [0.1, 0.15) is 37.9 Å². The van der Waals surface area contributed by atoms with Crippen molar-refractivity contribution in [1.82, 2.24) is 19.5 Å². The fourth-order valence-corrected chi connectivity index (χ4v) is 4.80. The van der Waals surface area contributed by atoms with E-state index in [0.717, 1.165) is 56.3 Å². The lowest BCUT2D eigenvalue weighted by Gasteiger charge is -2.41. The quantitative estimate of drug-likeness (QED) is 0.639. The highest BCUT2D eigenvalue weighted by atomic mass is 32.1. The molecule has 1 saturated heterocycles. The van der Waals surface area contributed by atoms with Gasteiger partial charge >= 0.3 is 0 Å². The highest BCUT2D eigenvalue weighted by molar-refractivity contribution is 7.20. The highest BCUT2D eigenvalue weighted by Gasteiger charge is 2.28. The van der Waals surface area contributed by atoms with Gasteiger partial charge in [-0.1, -0.05) is 61.9 Å². The van der Waals surface area contributed by atoms with Gasteiger partial charge in [-0.15, -0.1) is 5.10 Å². The molecule has 1 aliphatic rings. The van der Waals surface area contributed by atoms with Crippen molar-refractivity contribution in [2.45, 2.75) is 45.7 Å². The smallest absolute Gasteiger partial charge is 0.275 e. The standard InChI is InChI=1S/C21H27N5OS/c1-3-8-17-13-19(27)26-20(22-17)28-21(23-26)25-12-11-24(18(4-2)15-25)14-16-9-6-5-7-10-16/h5-7,9-10,13,18H,3-4,8,11-12,14-15H2,1-2H3. The summed E-state index contributed by atoms with van der Waals surface area (Å²) in [5.74, 6) is 0. The highest BCUT2D eigenvalue weighted by Crippen LogP contribution is 2.26. The van der Waals surface area contributed by atoms with Gasteiger partial charge in [0.15, 0.2) is 0 Å². The van der Waals surface area contributed by atoms with E-state index in [1.54, 1.807) is 6.07 Å². The Morgan fingerprint density at radius 1 is 1.18 bits per heavy atom. The van der Waals surface area contributed by atoms with Crippen LogP contribution in [0.5, 0.6) is 0 Å². The Hall–Kier alpha value is -2.25. The lowest BCUT2D eigenvalue weighted by molar-refractivity contribution is 0.163. The minimum atomic E-state index is -0.0781. The van der Waals surface area contributed by atoms with E-state index in [4.69, 9.17) is 0 Å². The van der Waals surface area contributed by atoms with Crippen molar-refractivity contribution >= 4 is 21.4 Å². The molecule has 7 heteroatoms. The zero-order valence-corrected chi connectivity index (χ0v) is 17.4. The third kappa shape index (κ3) is 3.95. The van der Waals surface area contributed by atoms with Crippen LogP contribution < -0.4 is 10.5 Å². The van der Waals surface area contributed by atoms with Crippen molar-refractivity contribution in [3.05, 3.63) is 58.0 Å². The molecule has 0 saturated carbocycles. The van der Waals surface area contributed by atoms with Gasteiger partial charge < -0.3 is 4.90 Å². The molecule has 1 unspecified atom stereocenters. The number of hydrogen-bond acceptors (Lipinski definition) is 6. The summed E-state index contributed by atoms with van der Waals surface area (Å²) in [6.07, 6.45) is 2.90. The molecule has 2 aromatic heterocycles. The maximum Gasteiger partial charge on any atom is 0.275 e. The van der Waals surface area contributed by atoms with Crippen molar-refractivity contribution in [2.75, 3.05) is 24.5 Å². The maximum atomic E-state index is 12.4.